The van der Waals surface area contributed by atoms with Crippen molar-refractivity contribution in [3.05, 3.63) is 29.3 Å². The van der Waals surface area contributed by atoms with E-state index < -0.39 is 5.97 Å². The number of likely N-dealkylation sites (N-methyl/N-ethyl adjacent to an activating group) is 1. The van der Waals surface area contributed by atoms with Crippen molar-refractivity contribution in [2.45, 2.75) is 11.8 Å². The number of aliphatic carboxylic acids is 1. The van der Waals surface area contributed by atoms with Gasteiger partial charge in [0.25, 0.3) is 5.91 Å². The first-order valence-electron chi connectivity index (χ1n) is 5.07. The lowest BCUT2D eigenvalue weighted by Gasteiger charge is -2.16. The van der Waals surface area contributed by atoms with E-state index in [0.29, 0.717) is 5.56 Å². The molecule has 1 amide bonds. The van der Waals surface area contributed by atoms with Crippen LogP contribution in [0.2, 0.25) is 0 Å². The molecule has 0 spiro atoms. The number of benzene rings is 1. The van der Waals surface area contributed by atoms with Crippen LogP contribution in [-0.2, 0) is 4.79 Å². The van der Waals surface area contributed by atoms with Gasteiger partial charge < -0.3 is 10.0 Å². The first kappa shape index (κ1) is 13.6. The minimum absolute atomic E-state index is 0.263. The van der Waals surface area contributed by atoms with E-state index >= 15 is 0 Å². The van der Waals surface area contributed by atoms with Crippen molar-refractivity contribution in [3.8, 4) is 0 Å². The molecule has 0 aliphatic rings. The maximum absolute atomic E-state index is 12.0. The van der Waals surface area contributed by atoms with Crippen LogP contribution in [0, 0.1) is 6.92 Å². The molecule has 0 unspecified atom stereocenters. The van der Waals surface area contributed by atoms with Gasteiger partial charge in [-0.1, -0.05) is 6.07 Å². The fourth-order valence-corrected chi connectivity index (χ4v) is 1.88. The first-order chi connectivity index (χ1) is 7.95. The summed E-state index contributed by atoms with van der Waals surface area (Å²) in [6.45, 7) is 1.55. The van der Waals surface area contributed by atoms with E-state index in [2.05, 4.69) is 0 Å². The molecule has 1 aromatic carbocycles. The van der Waals surface area contributed by atoms with Gasteiger partial charge in [-0.15, -0.1) is 11.8 Å². The molecule has 5 heteroatoms. The predicted molar refractivity (Wildman–Crippen MR) is 67.6 cm³/mol. The van der Waals surface area contributed by atoms with Gasteiger partial charge in [-0.3, -0.25) is 9.59 Å². The Labute approximate surface area is 105 Å². The quantitative estimate of drug-likeness (QED) is 0.832. The molecule has 4 nitrogen and oxygen atoms in total. The molecule has 1 N–H and O–H groups in total. The van der Waals surface area contributed by atoms with E-state index in [9.17, 15) is 9.59 Å². The van der Waals surface area contributed by atoms with E-state index in [4.69, 9.17) is 5.11 Å². The molecule has 0 saturated carbocycles. The van der Waals surface area contributed by atoms with Crippen LogP contribution in [0.1, 0.15) is 15.9 Å². The Morgan fingerprint density at radius 1 is 1.41 bits per heavy atom. The lowest BCUT2D eigenvalue weighted by Crippen LogP contribution is -2.32. The maximum Gasteiger partial charge on any atom is 0.323 e. The molecule has 0 aromatic heterocycles. The van der Waals surface area contributed by atoms with Gasteiger partial charge in [0, 0.05) is 17.5 Å². The fourth-order valence-electron chi connectivity index (χ4n) is 1.44. The number of carboxylic acids is 1. The smallest absolute Gasteiger partial charge is 0.323 e. The van der Waals surface area contributed by atoms with Crippen molar-refractivity contribution < 1.29 is 14.7 Å². The third-order valence-electron chi connectivity index (χ3n) is 2.39. The van der Waals surface area contributed by atoms with Crippen molar-refractivity contribution in [2.24, 2.45) is 0 Å². The molecule has 92 valence electrons. The Balaban J connectivity index is 2.98. The van der Waals surface area contributed by atoms with Crippen LogP contribution in [0.3, 0.4) is 0 Å². The van der Waals surface area contributed by atoms with Crippen LogP contribution in [0.15, 0.2) is 23.1 Å². The molecule has 0 heterocycles. The van der Waals surface area contributed by atoms with Crippen molar-refractivity contribution in [1.82, 2.24) is 4.90 Å². The van der Waals surface area contributed by atoms with Crippen LogP contribution in [0.25, 0.3) is 0 Å². The van der Waals surface area contributed by atoms with Gasteiger partial charge in [-0.25, -0.2) is 0 Å². The van der Waals surface area contributed by atoms with Gasteiger partial charge in [0.15, 0.2) is 0 Å². The maximum atomic E-state index is 12.0. The summed E-state index contributed by atoms with van der Waals surface area (Å²) in [5, 5.41) is 8.65. The second-order valence-electron chi connectivity index (χ2n) is 3.74. The highest BCUT2D eigenvalue weighted by atomic mass is 32.2. The normalized spacial score (nSPS) is 10.1. The van der Waals surface area contributed by atoms with E-state index in [1.807, 2.05) is 25.3 Å². The number of amides is 1. The molecule has 1 aromatic rings. The third-order valence-corrected chi connectivity index (χ3v) is 3.12. The van der Waals surface area contributed by atoms with Gasteiger partial charge in [0.05, 0.1) is 0 Å². The van der Waals surface area contributed by atoms with E-state index in [-0.39, 0.29) is 12.5 Å². The number of hydrogen-bond acceptors (Lipinski definition) is 3. The van der Waals surface area contributed by atoms with Gasteiger partial charge in [0.1, 0.15) is 6.54 Å². The van der Waals surface area contributed by atoms with Crippen LogP contribution in [0.5, 0.6) is 0 Å². The summed E-state index contributed by atoms with van der Waals surface area (Å²) in [5.74, 6) is -1.28. The number of hydrogen-bond donors (Lipinski definition) is 1. The second-order valence-corrected chi connectivity index (χ2v) is 4.62. The Kier molecular flexibility index (Phi) is 4.57. The summed E-state index contributed by atoms with van der Waals surface area (Å²) in [6.07, 6.45) is 1.93. The molecule has 0 aliphatic heterocycles. The Morgan fingerprint density at radius 2 is 2.06 bits per heavy atom. The average molecular weight is 253 g/mol. The minimum Gasteiger partial charge on any atom is -0.480 e. The molecule has 17 heavy (non-hydrogen) atoms. The zero-order chi connectivity index (χ0) is 13.0. The zero-order valence-corrected chi connectivity index (χ0v) is 10.9. The zero-order valence-electron chi connectivity index (χ0n) is 10.1. The van der Waals surface area contributed by atoms with Crippen molar-refractivity contribution in [3.63, 3.8) is 0 Å². The summed E-state index contributed by atoms with van der Waals surface area (Å²) >= 11 is 1.55. The van der Waals surface area contributed by atoms with Crippen LogP contribution >= 0.6 is 11.8 Å². The largest absolute Gasteiger partial charge is 0.480 e. The highest BCUT2D eigenvalue weighted by Gasteiger charge is 2.16. The number of carbonyl (C=O) groups is 2. The minimum atomic E-state index is -1.01. The topological polar surface area (TPSA) is 57.6 Å². The van der Waals surface area contributed by atoms with Crippen LogP contribution in [0.4, 0.5) is 0 Å². The number of carbonyl (C=O) groups excluding carboxylic acids is 1. The molecular weight excluding hydrogens is 238 g/mol. The van der Waals surface area contributed by atoms with E-state index in [1.54, 1.807) is 17.8 Å². The second kappa shape index (κ2) is 5.72. The summed E-state index contributed by atoms with van der Waals surface area (Å²) in [5.41, 5.74) is 1.41. The standard InChI is InChI=1S/C12H15NO3S/c1-8-4-5-9(17-3)6-10(8)12(16)13(2)7-11(14)15/h4-6H,7H2,1-3H3,(H,14,15). The molecule has 0 radical (unpaired) electrons. The molecule has 0 saturated heterocycles. The fraction of sp³-hybridized carbons (Fsp3) is 0.333. The van der Waals surface area contributed by atoms with Crippen molar-refractivity contribution in [1.29, 1.82) is 0 Å². The number of rotatable bonds is 4. The van der Waals surface area contributed by atoms with Crippen LogP contribution in [-0.4, -0.2) is 41.7 Å². The Morgan fingerprint density at radius 3 is 2.59 bits per heavy atom. The van der Waals surface area contributed by atoms with E-state index in [0.717, 1.165) is 10.5 Å². The highest BCUT2D eigenvalue weighted by molar-refractivity contribution is 7.98. The van der Waals surface area contributed by atoms with Crippen molar-refractivity contribution >= 4 is 23.6 Å². The predicted octanol–water partition coefficient (Wildman–Crippen LogP) is 1.87. The molecule has 0 fully saturated rings. The number of thioether (sulfide) groups is 1. The molecular formula is C12H15NO3S. The summed E-state index contributed by atoms with van der Waals surface area (Å²) < 4.78 is 0. The first-order valence-corrected chi connectivity index (χ1v) is 6.30. The number of aryl methyl sites for hydroxylation is 1. The van der Waals surface area contributed by atoms with Crippen molar-refractivity contribution in [2.75, 3.05) is 19.8 Å². The molecule has 0 atom stereocenters. The lowest BCUT2D eigenvalue weighted by molar-refractivity contribution is -0.137. The van der Waals surface area contributed by atoms with Gasteiger partial charge in [0.2, 0.25) is 0 Å². The summed E-state index contributed by atoms with van der Waals surface area (Å²) in [7, 11) is 1.49. The highest BCUT2D eigenvalue weighted by Crippen LogP contribution is 2.20. The van der Waals surface area contributed by atoms with Gasteiger partial charge in [-0.2, -0.15) is 0 Å². The lowest BCUT2D eigenvalue weighted by atomic mass is 10.1. The monoisotopic (exact) mass is 253 g/mol. The molecule has 0 aliphatic carbocycles. The van der Waals surface area contributed by atoms with Gasteiger partial charge >= 0.3 is 5.97 Å². The molecule has 0 bridgehead atoms. The molecule has 1 rings (SSSR count). The summed E-state index contributed by atoms with van der Waals surface area (Å²) in [4.78, 5) is 24.8. The summed E-state index contributed by atoms with van der Waals surface area (Å²) in [6, 6.07) is 5.60. The average Bonchev–Trinajstić information content (AvgIpc) is 2.28. The van der Waals surface area contributed by atoms with E-state index in [1.165, 1.54) is 11.9 Å². The van der Waals surface area contributed by atoms with Gasteiger partial charge in [-0.05, 0) is 30.9 Å². The number of nitrogens with zero attached hydrogens (tertiary/aromatic N) is 1. The SMILES string of the molecule is CSc1ccc(C)c(C(=O)N(C)CC(=O)O)c1. The third kappa shape index (κ3) is 3.49. The number of carboxylic acid groups (broad SMARTS) is 1. The Hall–Kier alpha value is -1.49. The Bertz CT molecular complexity index is 445. The van der Waals surface area contributed by atoms with Crippen LogP contribution < -0.4 is 0 Å².